The van der Waals surface area contributed by atoms with Gasteiger partial charge in [0.2, 0.25) is 11.8 Å². The van der Waals surface area contributed by atoms with Crippen molar-refractivity contribution in [1.82, 2.24) is 10.2 Å². The second kappa shape index (κ2) is 6.07. The minimum Gasteiger partial charge on any atom is -0.312 e. The van der Waals surface area contributed by atoms with Gasteiger partial charge in [-0.25, -0.2) is 0 Å². The van der Waals surface area contributed by atoms with Crippen LogP contribution < -0.4 is 5.32 Å². The number of nitrogens with zero attached hydrogens (tertiary/aromatic N) is 1. The number of carbonyl (C=O) groups excluding carboxylic acids is 2. The molecule has 3 unspecified atom stereocenters. The lowest BCUT2D eigenvalue weighted by Crippen LogP contribution is -2.50. The largest absolute Gasteiger partial charge is 0.312 e. The molecule has 120 valence electrons. The molecule has 0 radical (unpaired) electrons. The second-order valence-corrected chi connectivity index (χ2v) is 7.95. The Bertz CT molecular complexity index is 390. The van der Waals surface area contributed by atoms with Crippen molar-refractivity contribution in [2.75, 3.05) is 13.1 Å². The third kappa shape index (κ3) is 3.31. The van der Waals surface area contributed by atoms with Crippen LogP contribution in [0.1, 0.15) is 53.9 Å². The zero-order valence-electron chi connectivity index (χ0n) is 14.1. The molecule has 1 heterocycles. The molecule has 2 fully saturated rings. The molecular weight excluding hydrogens is 264 g/mol. The van der Waals surface area contributed by atoms with Gasteiger partial charge in [-0.2, -0.15) is 0 Å². The van der Waals surface area contributed by atoms with E-state index < -0.39 is 0 Å². The van der Waals surface area contributed by atoms with Gasteiger partial charge in [0.25, 0.3) is 0 Å². The molecule has 0 aromatic rings. The summed E-state index contributed by atoms with van der Waals surface area (Å²) >= 11 is 0. The van der Waals surface area contributed by atoms with E-state index in [4.69, 9.17) is 0 Å². The lowest BCUT2D eigenvalue weighted by molar-refractivity contribution is -0.141. The normalized spacial score (nSPS) is 30.9. The monoisotopic (exact) mass is 294 g/mol. The van der Waals surface area contributed by atoms with E-state index in [2.05, 4.69) is 39.9 Å². The number of likely N-dealkylation sites (tertiary alicyclic amines) is 1. The first-order chi connectivity index (χ1) is 9.75. The van der Waals surface area contributed by atoms with Crippen molar-refractivity contribution in [2.24, 2.45) is 23.2 Å². The van der Waals surface area contributed by atoms with Gasteiger partial charge in [-0.3, -0.25) is 14.5 Å². The highest BCUT2D eigenvalue weighted by atomic mass is 16.2. The maximum absolute atomic E-state index is 12.6. The Balaban J connectivity index is 2.07. The zero-order valence-corrected chi connectivity index (χ0v) is 14.1. The average molecular weight is 294 g/mol. The fourth-order valence-corrected chi connectivity index (χ4v) is 3.67. The summed E-state index contributed by atoms with van der Waals surface area (Å²) in [5.41, 5.74) is 0.0285. The Morgan fingerprint density at radius 1 is 1.19 bits per heavy atom. The van der Waals surface area contributed by atoms with Crippen LogP contribution in [0, 0.1) is 23.2 Å². The molecule has 4 heteroatoms. The predicted molar refractivity (Wildman–Crippen MR) is 83.6 cm³/mol. The summed E-state index contributed by atoms with van der Waals surface area (Å²) in [6.07, 6.45) is 2.82. The number of hydrogen-bond acceptors (Lipinski definition) is 3. The molecule has 2 aliphatic rings. The number of imide groups is 1. The minimum atomic E-state index is -0.0423. The molecule has 2 amide bonds. The Morgan fingerprint density at radius 3 is 2.14 bits per heavy atom. The fourth-order valence-electron chi connectivity index (χ4n) is 3.67. The van der Waals surface area contributed by atoms with Crippen molar-refractivity contribution in [1.29, 1.82) is 0 Å². The van der Waals surface area contributed by atoms with Crippen LogP contribution in [0.3, 0.4) is 0 Å². The van der Waals surface area contributed by atoms with E-state index in [9.17, 15) is 9.59 Å². The Kier molecular flexibility index (Phi) is 4.76. The quantitative estimate of drug-likeness (QED) is 0.792. The lowest BCUT2D eigenvalue weighted by Gasteiger charge is -2.34. The van der Waals surface area contributed by atoms with E-state index in [1.807, 2.05) is 0 Å². The highest BCUT2D eigenvalue weighted by Gasteiger charge is 2.52. The molecule has 1 aliphatic heterocycles. The van der Waals surface area contributed by atoms with Crippen LogP contribution in [0.4, 0.5) is 0 Å². The standard InChI is InChI=1S/C17H30N2O2/c1-6-7-18-14(17(3,4)5)10-19-15(20)12-8-11(2)9-13(12)16(19)21/h11-14,18H,6-10H2,1-5H3. The van der Waals surface area contributed by atoms with Crippen LogP contribution >= 0.6 is 0 Å². The van der Waals surface area contributed by atoms with E-state index >= 15 is 0 Å². The van der Waals surface area contributed by atoms with Crippen molar-refractivity contribution in [3.8, 4) is 0 Å². The lowest BCUT2D eigenvalue weighted by atomic mass is 9.86. The number of rotatable bonds is 5. The van der Waals surface area contributed by atoms with E-state index in [0.29, 0.717) is 12.5 Å². The molecule has 21 heavy (non-hydrogen) atoms. The summed E-state index contributed by atoms with van der Waals surface area (Å²) in [4.78, 5) is 26.7. The summed E-state index contributed by atoms with van der Waals surface area (Å²) in [6, 6.07) is 0.154. The van der Waals surface area contributed by atoms with E-state index in [1.165, 1.54) is 0 Å². The van der Waals surface area contributed by atoms with Crippen LogP contribution in [0.5, 0.6) is 0 Å². The van der Waals surface area contributed by atoms with E-state index in [0.717, 1.165) is 25.8 Å². The van der Waals surface area contributed by atoms with Crippen molar-refractivity contribution < 1.29 is 9.59 Å². The number of amides is 2. The summed E-state index contributed by atoms with van der Waals surface area (Å²) in [5, 5.41) is 3.51. The van der Waals surface area contributed by atoms with Gasteiger partial charge >= 0.3 is 0 Å². The highest BCUT2D eigenvalue weighted by Crippen LogP contribution is 2.43. The van der Waals surface area contributed by atoms with Gasteiger partial charge in [0.15, 0.2) is 0 Å². The summed E-state index contributed by atoms with van der Waals surface area (Å²) in [7, 11) is 0. The molecule has 0 aromatic carbocycles. The minimum absolute atomic E-state index is 0.0285. The molecule has 0 spiro atoms. The highest BCUT2D eigenvalue weighted by molar-refractivity contribution is 6.05. The van der Waals surface area contributed by atoms with Crippen LogP contribution in [0.15, 0.2) is 0 Å². The van der Waals surface area contributed by atoms with Crippen LogP contribution in [-0.2, 0) is 9.59 Å². The molecule has 2 rings (SSSR count). The molecular formula is C17H30N2O2. The maximum Gasteiger partial charge on any atom is 0.233 e. The second-order valence-electron chi connectivity index (χ2n) is 7.95. The Hall–Kier alpha value is -0.900. The van der Waals surface area contributed by atoms with Gasteiger partial charge in [-0.05, 0) is 37.1 Å². The van der Waals surface area contributed by atoms with E-state index in [-0.39, 0.29) is 35.1 Å². The zero-order chi connectivity index (χ0) is 15.8. The van der Waals surface area contributed by atoms with Gasteiger partial charge in [0, 0.05) is 12.6 Å². The number of carbonyl (C=O) groups is 2. The Labute approximate surface area is 128 Å². The topological polar surface area (TPSA) is 49.4 Å². The molecule has 1 saturated heterocycles. The van der Waals surface area contributed by atoms with Crippen LogP contribution in [0.2, 0.25) is 0 Å². The van der Waals surface area contributed by atoms with Crippen molar-refractivity contribution in [2.45, 2.75) is 59.9 Å². The van der Waals surface area contributed by atoms with Gasteiger partial charge in [-0.15, -0.1) is 0 Å². The van der Waals surface area contributed by atoms with Gasteiger partial charge in [0.1, 0.15) is 0 Å². The first-order valence-electron chi connectivity index (χ1n) is 8.34. The molecule has 1 N–H and O–H groups in total. The SMILES string of the molecule is CCCNC(CN1C(=O)C2CC(C)CC2C1=O)C(C)(C)C. The number of fused-ring (bicyclic) bond motifs is 1. The first-order valence-corrected chi connectivity index (χ1v) is 8.34. The van der Waals surface area contributed by atoms with E-state index in [1.54, 1.807) is 4.90 Å². The molecule has 1 aliphatic carbocycles. The van der Waals surface area contributed by atoms with Gasteiger partial charge in [0.05, 0.1) is 11.8 Å². The van der Waals surface area contributed by atoms with Crippen molar-refractivity contribution in [3.63, 3.8) is 0 Å². The summed E-state index contributed by atoms with van der Waals surface area (Å²) in [5.74, 6) is 0.564. The molecule has 3 atom stereocenters. The van der Waals surface area contributed by atoms with Gasteiger partial charge in [-0.1, -0.05) is 34.6 Å². The number of nitrogens with one attached hydrogen (secondary N) is 1. The summed E-state index contributed by atoms with van der Waals surface area (Å²) in [6.45, 7) is 12.2. The fraction of sp³-hybridized carbons (Fsp3) is 0.882. The molecule has 1 saturated carbocycles. The van der Waals surface area contributed by atoms with Crippen molar-refractivity contribution in [3.05, 3.63) is 0 Å². The average Bonchev–Trinajstić information content (AvgIpc) is 2.86. The van der Waals surface area contributed by atoms with Crippen molar-refractivity contribution >= 4 is 11.8 Å². The van der Waals surface area contributed by atoms with Crippen LogP contribution in [-0.4, -0.2) is 35.8 Å². The van der Waals surface area contributed by atoms with Crippen LogP contribution in [0.25, 0.3) is 0 Å². The first kappa shape index (κ1) is 16.5. The molecule has 0 aromatic heterocycles. The Morgan fingerprint density at radius 2 is 1.71 bits per heavy atom. The molecule has 0 bridgehead atoms. The third-order valence-electron chi connectivity index (χ3n) is 5.02. The van der Waals surface area contributed by atoms with Gasteiger partial charge < -0.3 is 5.32 Å². The smallest absolute Gasteiger partial charge is 0.233 e. The number of hydrogen-bond donors (Lipinski definition) is 1. The maximum atomic E-state index is 12.6. The summed E-state index contributed by atoms with van der Waals surface area (Å²) < 4.78 is 0. The third-order valence-corrected chi connectivity index (χ3v) is 5.02. The predicted octanol–water partition coefficient (Wildman–Crippen LogP) is 2.43. The molecule has 4 nitrogen and oxygen atoms in total.